The molecule has 158 valence electrons. The van der Waals surface area contributed by atoms with Gasteiger partial charge in [0.2, 0.25) is 11.9 Å². The Kier molecular flexibility index (Phi) is 5.13. The van der Waals surface area contributed by atoms with Crippen LogP contribution in [0.1, 0.15) is 69.6 Å². The van der Waals surface area contributed by atoms with Gasteiger partial charge in [-0.2, -0.15) is 20.1 Å². The molecule has 0 saturated heterocycles. The third-order valence-electron chi connectivity index (χ3n) is 5.00. The molecule has 2 aromatic heterocycles. The normalized spacial score (nSPS) is 15.1. The van der Waals surface area contributed by atoms with Crippen molar-refractivity contribution in [3.63, 3.8) is 0 Å². The minimum atomic E-state index is -0.615. The molecule has 0 radical (unpaired) electrons. The standard InChI is InChI=1S/C21H25F2N7/c1-11(14-8-7-13(22)9-15(14)23)24-19-26-18(12-5-6-12)27-20(28-19)25-17-10-16(29-30-17)21(2,3)4/h7-12H,5-6H2,1-4H3,(H3,24,25,26,27,28,29,30). The molecule has 1 aromatic carbocycles. The van der Waals surface area contributed by atoms with Gasteiger partial charge in [-0.3, -0.25) is 5.10 Å². The number of benzene rings is 1. The van der Waals surface area contributed by atoms with Crippen LogP contribution in [0, 0.1) is 11.6 Å². The Morgan fingerprint density at radius 1 is 1.07 bits per heavy atom. The Hall–Kier alpha value is -3.10. The minimum absolute atomic E-state index is 0.0629. The molecule has 7 nitrogen and oxygen atoms in total. The van der Waals surface area contributed by atoms with E-state index < -0.39 is 17.7 Å². The first kappa shape index (κ1) is 20.2. The van der Waals surface area contributed by atoms with E-state index in [1.807, 2.05) is 6.07 Å². The number of rotatable bonds is 6. The fourth-order valence-electron chi connectivity index (χ4n) is 3.05. The summed E-state index contributed by atoms with van der Waals surface area (Å²) in [6, 6.07) is 4.99. The molecule has 1 aliphatic carbocycles. The van der Waals surface area contributed by atoms with Crippen LogP contribution in [-0.2, 0) is 5.41 Å². The Labute approximate surface area is 173 Å². The van der Waals surface area contributed by atoms with Crippen LogP contribution < -0.4 is 10.6 Å². The molecule has 9 heteroatoms. The average molecular weight is 413 g/mol. The third-order valence-corrected chi connectivity index (χ3v) is 5.00. The van der Waals surface area contributed by atoms with E-state index in [4.69, 9.17) is 0 Å². The Morgan fingerprint density at radius 3 is 2.43 bits per heavy atom. The zero-order valence-electron chi connectivity index (χ0n) is 17.4. The van der Waals surface area contributed by atoms with Crippen molar-refractivity contribution in [2.45, 2.75) is 57.9 Å². The summed E-state index contributed by atoms with van der Waals surface area (Å²) in [6.07, 6.45) is 2.06. The number of nitrogens with one attached hydrogen (secondary N) is 3. The number of hydrogen-bond acceptors (Lipinski definition) is 6. The van der Waals surface area contributed by atoms with E-state index in [1.165, 1.54) is 12.1 Å². The van der Waals surface area contributed by atoms with Crippen molar-refractivity contribution >= 4 is 17.7 Å². The quantitative estimate of drug-likeness (QED) is 0.529. The SMILES string of the molecule is CC(Nc1nc(Nc2cc(C(C)(C)C)[nH]n2)nc(C2CC2)n1)c1ccc(F)cc1F. The number of anilines is 3. The van der Waals surface area contributed by atoms with Gasteiger partial charge in [-0.15, -0.1) is 0 Å². The van der Waals surface area contributed by atoms with E-state index in [0.29, 0.717) is 35.0 Å². The average Bonchev–Trinajstić information content (AvgIpc) is 3.39. The van der Waals surface area contributed by atoms with E-state index in [0.717, 1.165) is 24.6 Å². The maximum Gasteiger partial charge on any atom is 0.233 e. The first-order chi connectivity index (χ1) is 14.2. The minimum Gasteiger partial charge on any atom is -0.347 e. The van der Waals surface area contributed by atoms with Crippen molar-refractivity contribution in [3.8, 4) is 0 Å². The van der Waals surface area contributed by atoms with Crippen LogP contribution in [0.2, 0.25) is 0 Å². The lowest BCUT2D eigenvalue weighted by atomic mass is 9.92. The Morgan fingerprint density at radius 2 is 1.80 bits per heavy atom. The zero-order valence-corrected chi connectivity index (χ0v) is 17.4. The van der Waals surface area contributed by atoms with Gasteiger partial charge in [0.15, 0.2) is 5.82 Å². The van der Waals surface area contributed by atoms with Crippen LogP contribution in [0.15, 0.2) is 24.3 Å². The molecule has 3 aromatic rings. The summed E-state index contributed by atoms with van der Waals surface area (Å²) < 4.78 is 27.3. The van der Waals surface area contributed by atoms with E-state index >= 15 is 0 Å². The first-order valence-electron chi connectivity index (χ1n) is 9.99. The van der Waals surface area contributed by atoms with E-state index in [-0.39, 0.29) is 5.41 Å². The maximum absolute atomic E-state index is 14.1. The smallest absolute Gasteiger partial charge is 0.233 e. The number of nitrogens with zero attached hydrogens (tertiary/aromatic N) is 4. The lowest BCUT2D eigenvalue weighted by Gasteiger charge is -2.16. The predicted octanol–water partition coefficient (Wildman–Crippen LogP) is 4.96. The van der Waals surface area contributed by atoms with Gasteiger partial charge in [0.25, 0.3) is 0 Å². The first-order valence-corrected chi connectivity index (χ1v) is 9.99. The second kappa shape index (κ2) is 7.62. The molecule has 0 aliphatic heterocycles. The molecule has 1 fully saturated rings. The van der Waals surface area contributed by atoms with Gasteiger partial charge >= 0.3 is 0 Å². The number of hydrogen-bond donors (Lipinski definition) is 3. The van der Waals surface area contributed by atoms with Crippen molar-refractivity contribution in [1.29, 1.82) is 0 Å². The van der Waals surface area contributed by atoms with Crippen molar-refractivity contribution in [1.82, 2.24) is 25.1 Å². The lowest BCUT2D eigenvalue weighted by Crippen LogP contribution is -2.14. The molecule has 1 atom stereocenters. The van der Waals surface area contributed by atoms with Crippen LogP contribution in [0.25, 0.3) is 0 Å². The van der Waals surface area contributed by atoms with Crippen LogP contribution in [0.4, 0.5) is 26.5 Å². The molecular formula is C21H25F2N7. The summed E-state index contributed by atoms with van der Waals surface area (Å²) in [7, 11) is 0. The Balaban J connectivity index is 1.58. The maximum atomic E-state index is 14.1. The molecular weight excluding hydrogens is 388 g/mol. The second-order valence-electron chi connectivity index (χ2n) is 8.69. The summed E-state index contributed by atoms with van der Waals surface area (Å²) in [5.74, 6) is 1.07. The fourth-order valence-corrected chi connectivity index (χ4v) is 3.05. The molecule has 1 saturated carbocycles. The third kappa shape index (κ3) is 4.55. The highest BCUT2D eigenvalue weighted by atomic mass is 19.1. The van der Waals surface area contributed by atoms with Crippen molar-refractivity contribution < 1.29 is 8.78 Å². The lowest BCUT2D eigenvalue weighted by molar-refractivity contribution is 0.565. The van der Waals surface area contributed by atoms with Crippen LogP contribution in [0.5, 0.6) is 0 Å². The van der Waals surface area contributed by atoms with Gasteiger partial charge in [-0.1, -0.05) is 26.8 Å². The molecule has 0 amide bonds. The Bertz CT molecular complexity index is 1050. The van der Waals surface area contributed by atoms with Gasteiger partial charge in [0, 0.05) is 34.7 Å². The van der Waals surface area contributed by atoms with E-state index in [1.54, 1.807) is 6.92 Å². The number of halogens is 2. The fraction of sp³-hybridized carbons (Fsp3) is 0.429. The van der Waals surface area contributed by atoms with Gasteiger partial charge in [-0.05, 0) is 25.8 Å². The molecule has 3 N–H and O–H groups in total. The van der Waals surface area contributed by atoms with Crippen LogP contribution in [-0.4, -0.2) is 25.1 Å². The number of aromatic nitrogens is 5. The predicted molar refractivity (Wildman–Crippen MR) is 111 cm³/mol. The summed E-state index contributed by atoms with van der Waals surface area (Å²) >= 11 is 0. The highest BCUT2D eigenvalue weighted by Gasteiger charge is 2.28. The molecule has 0 bridgehead atoms. The van der Waals surface area contributed by atoms with E-state index in [2.05, 4.69) is 56.6 Å². The summed E-state index contributed by atoms with van der Waals surface area (Å²) in [6.45, 7) is 8.05. The monoisotopic (exact) mass is 413 g/mol. The molecule has 2 heterocycles. The molecule has 1 unspecified atom stereocenters. The second-order valence-corrected chi connectivity index (χ2v) is 8.69. The van der Waals surface area contributed by atoms with Crippen molar-refractivity contribution in [3.05, 3.63) is 53.0 Å². The van der Waals surface area contributed by atoms with Gasteiger partial charge < -0.3 is 10.6 Å². The van der Waals surface area contributed by atoms with Crippen LogP contribution in [0.3, 0.4) is 0 Å². The van der Waals surface area contributed by atoms with Gasteiger partial charge in [-0.25, -0.2) is 8.78 Å². The zero-order chi connectivity index (χ0) is 21.5. The summed E-state index contributed by atoms with van der Waals surface area (Å²) in [5, 5.41) is 13.5. The number of aromatic amines is 1. The van der Waals surface area contributed by atoms with Crippen molar-refractivity contribution in [2.75, 3.05) is 10.6 Å². The molecule has 0 spiro atoms. The van der Waals surface area contributed by atoms with Crippen molar-refractivity contribution in [2.24, 2.45) is 0 Å². The van der Waals surface area contributed by atoms with Crippen LogP contribution >= 0.6 is 0 Å². The summed E-state index contributed by atoms with van der Waals surface area (Å²) in [4.78, 5) is 13.4. The highest BCUT2D eigenvalue weighted by molar-refractivity contribution is 5.50. The topological polar surface area (TPSA) is 91.4 Å². The van der Waals surface area contributed by atoms with E-state index in [9.17, 15) is 8.78 Å². The highest BCUT2D eigenvalue weighted by Crippen LogP contribution is 2.39. The molecule has 30 heavy (non-hydrogen) atoms. The van der Waals surface area contributed by atoms with Gasteiger partial charge in [0.05, 0.1) is 6.04 Å². The molecule has 1 aliphatic rings. The number of H-pyrrole nitrogens is 1. The summed E-state index contributed by atoms with van der Waals surface area (Å²) in [5.41, 5.74) is 1.26. The van der Waals surface area contributed by atoms with Gasteiger partial charge in [0.1, 0.15) is 17.5 Å². The molecule has 4 rings (SSSR count). The largest absolute Gasteiger partial charge is 0.347 e.